The van der Waals surface area contributed by atoms with Crippen LogP contribution in [-0.4, -0.2) is 42.1 Å². The molecule has 0 saturated heterocycles. The Balaban J connectivity index is 1.57. The Hall–Kier alpha value is -2.59. The van der Waals surface area contributed by atoms with Gasteiger partial charge in [-0.2, -0.15) is 9.40 Å². The van der Waals surface area contributed by atoms with Gasteiger partial charge in [0.25, 0.3) is 0 Å². The first kappa shape index (κ1) is 25.5. The average molecular weight is 538 g/mol. The summed E-state index contributed by atoms with van der Waals surface area (Å²) in [7, 11) is -2.41. The molecule has 35 heavy (non-hydrogen) atoms. The molecule has 0 saturated carbocycles. The van der Waals surface area contributed by atoms with Crippen LogP contribution in [0, 0.1) is 0 Å². The maximum atomic E-state index is 13.5. The molecular weight excluding hydrogens is 513 g/mol. The van der Waals surface area contributed by atoms with E-state index in [-0.39, 0.29) is 29.0 Å². The lowest BCUT2D eigenvalue weighted by molar-refractivity contribution is -0.144. The second-order valence-electron chi connectivity index (χ2n) is 8.06. The van der Waals surface area contributed by atoms with E-state index in [1.807, 2.05) is 0 Å². The number of rotatable bonds is 8. The number of fused-ring (bicyclic) bond motifs is 1. The summed E-state index contributed by atoms with van der Waals surface area (Å²) in [6.45, 7) is 2.02. The minimum Gasteiger partial charge on any atom is -0.465 e. The lowest BCUT2D eigenvalue weighted by Crippen LogP contribution is -2.33. The van der Waals surface area contributed by atoms with Crippen molar-refractivity contribution in [2.24, 2.45) is 0 Å². The van der Waals surface area contributed by atoms with Crippen LogP contribution >= 0.6 is 23.2 Å². The van der Waals surface area contributed by atoms with E-state index in [1.165, 1.54) is 23.5 Å². The van der Waals surface area contributed by atoms with Crippen LogP contribution in [-0.2, 0) is 32.5 Å². The Bertz CT molecular complexity index is 1340. The van der Waals surface area contributed by atoms with Crippen LogP contribution in [0.2, 0.25) is 10.0 Å². The third-order valence-corrected chi connectivity index (χ3v) is 8.54. The van der Waals surface area contributed by atoms with Gasteiger partial charge in [-0.15, -0.1) is 0 Å². The van der Waals surface area contributed by atoms with Gasteiger partial charge in [-0.3, -0.25) is 9.48 Å². The Labute approximate surface area is 214 Å². The Kier molecular flexibility index (Phi) is 7.70. The number of sulfonamides is 1. The molecule has 11 heteroatoms. The van der Waals surface area contributed by atoms with E-state index in [4.69, 9.17) is 32.7 Å². The van der Waals surface area contributed by atoms with E-state index in [0.29, 0.717) is 29.4 Å². The molecule has 0 aliphatic heterocycles. The highest BCUT2D eigenvalue weighted by molar-refractivity contribution is 7.89. The summed E-state index contributed by atoms with van der Waals surface area (Å²) >= 11 is 12.5. The van der Waals surface area contributed by atoms with Gasteiger partial charge in [0.2, 0.25) is 10.0 Å². The number of aromatic nitrogens is 2. The largest absolute Gasteiger partial charge is 0.465 e. The van der Waals surface area contributed by atoms with Crippen molar-refractivity contribution in [3.8, 4) is 11.5 Å². The summed E-state index contributed by atoms with van der Waals surface area (Å²) in [4.78, 5) is 11.9. The number of hydrogen-bond donors (Lipinski definition) is 0. The zero-order chi connectivity index (χ0) is 25.2. The SMILES string of the molecule is CCOC(=O)Cn1ncc2c1CCCC2N(C)S(=O)(=O)c1ccc(Oc2ccccc2Cl)cc1Cl. The molecule has 186 valence electrons. The Morgan fingerprint density at radius 2 is 1.97 bits per heavy atom. The predicted octanol–water partition coefficient (Wildman–Crippen LogP) is 5.24. The molecule has 1 unspecified atom stereocenters. The number of ether oxygens (including phenoxy) is 2. The number of carbonyl (C=O) groups excluding carboxylic acids is 1. The maximum Gasteiger partial charge on any atom is 0.327 e. The lowest BCUT2D eigenvalue weighted by Gasteiger charge is -2.31. The Morgan fingerprint density at radius 3 is 2.69 bits per heavy atom. The number of hydrogen-bond acceptors (Lipinski definition) is 6. The van der Waals surface area contributed by atoms with Gasteiger partial charge in [0.15, 0.2) is 0 Å². The van der Waals surface area contributed by atoms with Crippen LogP contribution in [0.25, 0.3) is 0 Å². The van der Waals surface area contributed by atoms with Gasteiger partial charge >= 0.3 is 5.97 Å². The van der Waals surface area contributed by atoms with Gasteiger partial charge in [-0.1, -0.05) is 35.3 Å². The summed E-state index contributed by atoms with van der Waals surface area (Å²) in [6.07, 6.45) is 3.71. The standard InChI is InChI=1S/C24H25Cl2N3O5S/c1-3-33-24(30)15-29-21-9-6-8-20(17(21)14-27-29)28(2)35(31,32)23-12-11-16(13-19(23)26)34-22-10-5-4-7-18(22)25/h4-5,7,10-14,20H,3,6,8-9,15H2,1-2H3. The molecule has 2 aromatic carbocycles. The van der Waals surface area contributed by atoms with Gasteiger partial charge < -0.3 is 9.47 Å². The number of benzene rings is 2. The first-order valence-corrected chi connectivity index (χ1v) is 13.3. The van der Waals surface area contributed by atoms with Crippen molar-refractivity contribution in [2.75, 3.05) is 13.7 Å². The minimum atomic E-state index is -3.94. The van der Waals surface area contributed by atoms with Crippen molar-refractivity contribution < 1.29 is 22.7 Å². The van der Waals surface area contributed by atoms with Crippen molar-refractivity contribution in [3.63, 3.8) is 0 Å². The number of para-hydroxylation sites is 1. The molecule has 1 aliphatic rings. The molecule has 8 nitrogen and oxygen atoms in total. The fourth-order valence-electron chi connectivity index (χ4n) is 4.17. The molecule has 3 aromatic rings. The van der Waals surface area contributed by atoms with Crippen LogP contribution in [0.3, 0.4) is 0 Å². The fraction of sp³-hybridized carbons (Fsp3) is 0.333. The summed E-state index contributed by atoms with van der Waals surface area (Å²) in [5, 5.41) is 4.79. The van der Waals surface area contributed by atoms with Crippen LogP contribution in [0.4, 0.5) is 0 Å². The summed E-state index contributed by atoms with van der Waals surface area (Å²) in [5.74, 6) is 0.421. The molecule has 0 radical (unpaired) electrons. The van der Waals surface area contributed by atoms with E-state index in [1.54, 1.807) is 48.1 Å². The van der Waals surface area contributed by atoms with Gasteiger partial charge in [0.05, 0.1) is 28.9 Å². The summed E-state index contributed by atoms with van der Waals surface area (Å²) in [6, 6.07) is 10.9. The number of halogens is 2. The number of nitrogens with zero attached hydrogens (tertiary/aromatic N) is 3. The summed E-state index contributed by atoms with van der Waals surface area (Å²) in [5.41, 5.74) is 1.62. The van der Waals surface area contributed by atoms with Gasteiger partial charge in [0.1, 0.15) is 22.9 Å². The predicted molar refractivity (Wildman–Crippen MR) is 132 cm³/mol. The molecule has 1 aliphatic carbocycles. The van der Waals surface area contributed by atoms with E-state index in [2.05, 4.69) is 5.10 Å². The fourth-order valence-corrected chi connectivity index (χ4v) is 6.22. The average Bonchev–Trinajstić information content (AvgIpc) is 3.23. The second kappa shape index (κ2) is 10.6. The smallest absolute Gasteiger partial charge is 0.327 e. The van der Waals surface area contributed by atoms with Crippen LogP contribution in [0.1, 0.15) is 37.1 Å². The van der Waals surface area contributed by atoms with Crippen molar-refractivity contribution in [3.05, 3.63) is 70.0 Å². The van der Waals surface area contributed by atoms with Crippen molar-refractivity contribution in [2.45, 2.75) is 43.7 Å². The van der Waals surface area contributed by atoms with Gasteiger partial charge in [0, 0.05) is 24.4 Å². The third-order valence-electron chi connectivity index (χ3n) is 5.88. The highest BCUT2D eigenvalue weighted by Gasteiger charge is 2.35. The molecule has 1 aromatic heterocycles. The summed E-state index contributed by atoms with van der Waals surface area (Å²) < 4.78 is 40.8. The van der Waals surface area contributed by atoms with Crippen molar-refractivity contribution in [1.82, 2.24) is 14.1 Å². The van der Waals surface area contributed by atoms with E-state index in [9.17, 15) is 13.2 Å². The first-order chi connectivity index (χ1) is 16.7. The number of esters is 1. The van der Waals surface area contributed by atoms with Crippen molar-refractivity contribution in [1.29, 1.82) is 0 Å². The van der Waals surface area contributed by atoms with E-state index < -0.39 is 16.1 Å². The van der Waals surface area contributed by atoms with E-state index in [0.717, 1.165) is 17.7 Å². The molecule has 0 bridgehead atoms. The maximum absolute atomic E-state index is 13.5. The molecular formula is C24H25Cl2N3O5S. The Morgan fingerprint density at radius 1 is 1.20 bits per heavy atom. The topological polar surface area (TPSA) is 90.7 Å². The zero-order valence-electron chi connectivity index (χ0n) is 19.3. The van der Waals surface area contributed by atoms with E-state index >= 15 is 0 Å². The first-order valence-electron chi connectivity index (χ1n) is 11.1. The highest BCUT2D eigenvalue weighted by atomic mass is 35.5. The molecule has 0 spiro atoms. The minimum absolute atomic E-state index is 0.00885. The van der Waals surface area contributed by atoms with Crippen LogP contribution < -0.4 is 4.74 Å². The molecule has 4 rings (SSSR count). The monoisotopic (exact) mass is 537 g/mol. The second-order valence-corrected chi connectivity index (χ2v) is 10.8. The molecule has 1 atom stereocenters. The molecule has 0 N–H and O–H groups in total. The quantitative estimate of drug-likeness (QED) is 0.364. The molecule has 0 fully saturated rings. The van der Waals surface area contributed by atoms with Gasteiger partial charge in [-0.05, 0) is 50.5 Å². The number of carbonyl (C=O) groups is 1. The molecule has 1 heterocycles. The molecule has 0 amide bonds. The van der Waals surface area contributed by atoms with Crippen molar-refractivity contribution >= 4 is 39.2 Å². The lowest BCUT2D eigenvalue weighted by atomic mass is 9.93. The van der Waals surface area contributed by atoms with Gasteiger partial charge in [-0.25, -0.2) is 8.42 Å². The zero-order valence-corrected chi connectivity index (χ0v) is 21.6. The normalized spacial score (nSPS) is 15.6. The third kappa shape index (κ3) is 5.33. The highest BCUT2D eigenvalue weighted by Crippen LogP contribution is 2.39. The van der Waals surface area contributed by atoms with Crippen LogP contribution in [0.15, 0.2) is 53.6 Å². The van der Waals surface area contributed by atoms with Crippen LogP contribution in [0.5, 0.6) is 11.5 Å².